The van der Waals surface area contributed by atoms with E-state index in [-0.39, 0.29) is 0 Å². The van der Waals surface area contributed by atoms with Crippen LogP contribution in [0.3, 0.4) is 0 Å². The topological polar surface area (TPSA) is 21.6 Å². The molecule has 3 rings (SSSR count). The average Bonchev–Trinajstić information content (AvgIpc) is 2.57. The Hall–Kier alpha value is -2.87. The van der Waals surface area contributed by atoms with Crippen LogP contribution in [0.2, 0.25) is 0 Å². The first-order valence-corrected chi connectivity index (χ1v) is 7.25. The van der Waals surface area contributed by atoms with Gasteiger partial charge in [-0.15, -0.1) is 0 Å². The van der Waals surface area contributed by atoms with Gasteiger partial charge in [0.15, 0.2) is 0 Å². The highest BCUT2D eigenvalue weighted by Gasteiger charge is 2.00. The quantitative estimate of drug-likeness (QED) is 0.571. The van der Waals surface area contributed by atoms with E-state index in [2.05, 4.69) is 4.99 Å². The molecule has 0 heterocycles. The fraction of sp³-hybridized carbons (Fsp3) is 0.0500. The van der Waals surface area contributed by atoms with Crippen LogP contribution in [0.4, 0.5) is 5.69 Å². The Morgan fingerprint density at radius 2 is 1.23 bits per heavy atom. The highest BCUT2D eigenvalue weighted by molar-refractivity contribution is 6.00. The molecule has 2 heteroatoms. The second kappa shape index (κ2) is 6.72. The lowest BCUT2D eigenvalue weighted by Gasteiger charge is -2.07. The van der Waals surface area contributed by atoms with Crippen molar-refractivity contribution in [1.29, 1.82) is 0 Å². The Morgan fingerprint density at radius 3 is 1.86 bits per heavy atom. The average molecular weight is 287 g/mol. The standard InChI is InChI=1S/C20H17NO/c1-16(21-18-8-4-2-5-9-18)17-12-14-20(15-13-17)22-19-10-6-3-7-11-19/h2-15H,1H3. The maximum absolute atomic E-state index is 5.79. The van der Waals surface area contributed by atoms with Crippen LogP contribution in [0.15, 0.2) is 89.9 Å². The third kappa shape index (κ3) is 3.61. The molecule has 0 saturated heterocycles. The zero-order valence-electron chi connectivity index (χ0n) is 12.4. The molecule has 3 aromatic carbocycles. The van der Waals surface area contributed by atoms with E-state index in [4.69, 9.17) is 4.74 Å². The molecule has 0 spiro atoms. The van der Waals surface area contributed by atoms with Crippen molar-refractivity contribution in [3.05, 3.63) is 90.5 Å². The molecule has 0 N–H and O–H groups in total. The number of nitrogens with zero attached hydrogens (tertiary/aromatic N) is 1. The first kappa shape index (κ1) is 14.1. The molecular weight excluding hydrogens is 270 g/mol. The van der Waals surface area contributed by atoms with E-state index >= 15 is 0 Å². The Balaban J connectivity index is 1.75. The van der Waals surface area contributed by atoms with Gasteiger partial charge in [0.1, 0.15) is 11.5 Å². The van der Waals surface area contributed by atoms with Crippen LogP contribution in [0.1, 0.15) is 12.5 Å². The van der Waals surface area contributed by atoms with E-state index < -0.39 is 0 Å². The third-order valence-corrected chi connectivity index (χ3v) is 3.30. The van der Waals surface area contributed by atoms with Crippen molar-refractivity contribution in [3.8, 4) is 11.5 Å². The first-order chi connectivity index (χ1) is 10.8. The summed E-state index contributed by atoms with van der Waals surface area (Å²) in [5.41, 5.74) is 3.03. The van der Waals surface area contributed by atoms with Gasteiger partial charge < -0.3 is 4.74 Å². The normalized spacial score (nSPS) is 11.2. The fourth-order valence-corrected chi connectivity index (χ4v) is 2.15. The van der Waals surface area contributed by atoms with Crippen molar-refractivity contribution in [2.45, 2.75) is 6.92 Å². The van der Waals surface area contributed by atoms with Crippen LogP contribution in [0.5, 0.6) is 11.5 Å². The van der Waals surface area contributed by atoms with Crippen molar-refractivity contribution >= 4 is 11.4 Å². The highest BCUT2D eigenvalue weighted by Crippen LogP contribution is 2.22. The van der Waals surface area contributed by atoms with Gasteiger partial charge >= 0.3 is 0 Å². The first-order valence-electron chi connectivity index (χ1n) is 7.25. The minimum absolute atomic E-state index is 0.822. The van der Waals surface area contributed by atoms with Crippen molar-refractivity contribution in [1.82, 2.24) is 0 Å². The summed E-state index contributed by atoms with van der Waals surface area (Å²) in [6.07, 6.45) is 0. The Kier molecular flexibility index (Phi) is 4.30. The number of benzene rings is 3. The van der Waals surface area contributed by atoms with E-state index in [1.54, 1.807) is 0 Å². The molecule has 0 aliphatic rings. The van der Waals surface area contributed by atoms with E-state index in [1.165, 1.54) is 0 Å². The van der Waals surface area contributed by atoms with Gasteiger partial charge in [0.05, 0.1) is 5.69 Å². The van der Waals surface area contributed by atoms with Crippen LogP contribution in [0, 0.1) is 0 Å². The predicted octanol–water partition coefficient (Wildman–Crippen LogP) is 5.62. The van der Waals surface area contributed by atoms with Crippen LogP contribution >= 0.6 is 0 Å². The maximum Gasteiger partial charge on any atom is 0.127 e. The number of ether oxygens (including phenoxy) is 1. The summed E-state index contributed by atoms with van der Waals surface area (Å²) in [5, 5.41) is 0. The largest absolute Gasteiger partial charge is 0.457 e. The van der Waals surface area contributed by atoms with Gasteiger partial charge in [0.25, 0.3) is 0 Å². The SMILES string of the molecule is CC(=Nc1ccccc1)c1ccc(Oc2ccccc2)cc1. The molecule has 0 saturated carbocycles. The minimum Gasteiger partial charge on any atom is -0.457 e. The van der Waals surface area contributed by atoms with Gasteiger partial charge in [-0.3, -0.25) is 4.99 Å². The second-order valence-corrected chi connectivity index (χ2v) is 4.97. The number of hydrogen-bond donors (Lipinski definition) is 0. The Morgan fingerprint density at radius 1 is 0.682 bits per heavy atom. The number of aliphatic imine (C=N–C) groups is 1. The number of hydrogen-bond acceptors (Lipinski definition) is 2. The monoisotopic (exact) mass is 287 g/mol. The summed E-state index contributed by atoms with van der Waals surface area (Å²) in [7, 11) is 0. The highest BCUT2D eigenvalue weighted by atomic mass is 16.5. The smallest absolute Gasteiger partial charge is 0.127 e. The lowest BCUT2D eigenvalue weighted by molar-refractivity contribution is 0.482. The van der Waals surface area contributed by atoms with Gasteiger partial charge in [-0.25, -0.2) is 0 Å². The zero-order valence-corrected chi connectivity index (χ0v) is 12.4. The van der Waals surface area contributed by atoms with Crippen molar-refractivity contribution in [3.63, 3.8) is 0 Å². The molecule has 0 fully saturated rings. The molecular formula is C20H17NO. The van der Waals surface area contributed by atoms with E-state index in [0.717, 1.165) is 28.5 Å². The van der Waals surface area contributed by atoms with Gasteiger partial charge in [0.2, 0.25) is 0 Å². The molecule has 108 valence electrons. The lowest BCUT2D eigenvalue weighted by Crippen LogP contribution is -1.94. The fourth-order valence-electron chi connectivity index (χ4n) is 2.15. The summed E-state index contributed by atoms with van der Waals surface area (Å²) in [6, 6.07) is 27.7. The third-order valence-electron chi connectivity index (χ3n) is 3.30. The van der Waals surface area contributed by atoms with Gasteiger partial charge in [-0.05, 0) is 61.0 Å². The van der Waals surface area contributed by atoms with Crippen LogP contribution < -0.4 is 4.74 Å². The minimum atomic E-state index is 0.822. The van der Waals surface area contributed by atoms with E-state index in [9.17, 15) is 0 Å². The molecule has 22 heavy (non-hydrogen) atoms. The molecule has 0 unspecified atom stereocenters. The molecule has 0 aliphatic carbocycles. The molecule has 0 aromatic heterocycles. The molecule has 0 atom stereocenters. The molecule has 3 aromatic rings. The summed E-state index contributed by atoms with van der Waals surface area (Å²) < 4.78 is 5.79. The Bertz CT molecular complexity index is 747. The summed E-state index contributed by atoms with van der Waals surface area (Å²) >= 11 is 0. The summed E-state index contributed by atoms with van der Waals surface area (Å²) in [4.78, 5) is 4.62. The van der Waals surface area contributed by atoms with Gasteiger partial charge in [-0.1, -0.05) is 36.4 Å². The second-order valence-electron chi connectivity index (χ2n) is 4.97. The summed E-state index contributed by atoms with van der Waals surface area (Å²) in [5.74, 6) is 1.66. The van der Waals surface area contributed by atoms with E-state index in [1.807, 2.05) is 91.9 Å². The van der Waals surface area contributed by atoms with Crippen molar-refractivity contribution < 1.29 is 4.74 Å². The van der Waals surface area contributed by atoms with Crippen molar-refractivity contribution in [2.75, 3.05) is 0 Å². The molecule has 2 nitrogen and oxygen atoms in total. The van der Waals surface area contributed by atoms with Crippen LogP contribution in [0.25, 0.3) is 0 Å². The van der Waals surface area contributed by atoms with Crippen LogP contribution in [-0.2, 0) is 0 Å². The van der Waals surface area contributed by atoms with E-state index in [0.29, 0.717) is 0 Å². The predicted molar refractivity (Wildman–Crippen MR) is 91.3 cm³/mol. The van der Waals surface area contributed by atoms with Crippen molar-refractivity contribution in [2.24, 2.45) is 4.99 Å². The maximum atomic E-state index is 5.79. The molecule has 0 bridgehead atoms. The van der Waals surface area contributed by atoms with Gasteiger partial charge in [0, 0.05) is 5.71 Å². The van der Waals surface area contributed by atoms with Crippen LogP contribution in [-0.4, -0.2) is 5.71 Å². The summed E-state index contributed by atoms with van der Waals surface area (Å²) in [6.45, 7) is 2.01. The zero-order chi connectivity index (χ0) is 15.2. The molecule has 0 aliphatic heterocycles. The van der Waals surface area contributed by atoms with Gasteiger partial charge in [-0.2, -0.15) is 0 Å². The lowest BCUT2D eigenvalue weighted by atomic mass is 10.1. The molecule has 0 amide bonds. The molecule has 0 radical (unpaired) electrons. The number of para-hydroxylation sites is 2. The Labute approximate surface area is 130 Å². The number of rotatable bonds is 4.